The van der Waals surface area contributed by atoms with Crippen LogP contribution in [-0.4, -0.2) is 24.3 Å². The molecule has 0 atom stereocenters. The summed E-state index contributed by atoms with van der Waals surface area (Å²) in [5.41, 5.74) is 2.74. The first kappa shape index (κ1) is 14.0. The van der Waals surface area contributed by atoms with Gasteiger partial charge in [0.15, 0.2) is 9.99 Å². The van der Waals surface area contributed by atoms with E-state index in [0.29, 0.717) is 15.3 Å². The molecule has 0 amide bonds. The third-order valence-corrected chi connectivity index (χ3v) is 6.48. The molecule has 3 aromatic rings. The van der Waals surface area contributed by atoms with Crippen molar-refractivity contribution in [3.63, 3.8) is 0 Å². The molecule has 0 radical (unpaired) electrons. The van der Waals surface area contributed by atoms with Crippen LogP contribution < -0.4 is 10.0 Å². The first-order valence-corrected chi connectivity index (χ1v) is 9.71. The second-order valence-electron chi connectivity index (χ2n) is 4.92. The van der Waals surface area contributed by atoms with Crippen molar-refractivity contribution < 1.29 is 8.42 Å². The zero-order valence-corrected chi connectivity index (χ0v) is 14.4. The molecule has 1 aliphatic rings. The molecule has 2 aromatic heterocycles. The first-order valence-electron chi connectivity index (χ1n) is 6.55. The van der Waals surface area contributed by atoms with Gasteiger partial charge < -0.3 is 5.32 Å². The van der Waals surface area contributed by atoms with Gasteiger partial charge in [0.05, 0.1) is 0 Å². The highest BCUT2D eigenvalue weighted by Gasteiger charge is 2.25. The number of rotatable bonds is 3. The van der Waals surface area contributed by atoms with Crippen LogP contribution >= 0.6 is 27.3 Å². The van der Waals surface area contributed by atoms with E-state index >= 15 is 0 Å². The SMILES string of the molecule is O=S(=O)(Nc1ccc2c(c1)CCN2)c1c(Br)nc2sccn12. The second-order valence-corrected chi connectivity index (χ2v) is 8.14. The highest BCUT2D eigenvalue weighted by Crippen LogP contribution is 2.29. The van der Waals surface area contributed by atoms with Crippen LogP contribution in [0.1, 0.15) is 5.56 Å². The number of anilines is 2. The molecule has 0 saturated carbocycles. The van der Waals surface area contributed by atoms with Crippen LogP contribution in [0.4, 0.5) is 11.4 Å². The quantitative estimate of drug-likeness (QED) is 0.710. The van der Waals surface area contributed by atoms with Crippen LogP contribution in [0.2, 0.25) is 0 Å². The number of hydrogen-bond acceptors (Lipinski definition) is 5. The molecule has 0 saturated heterocycles. The number of imidazole rings is 1. The Morgan fingerprint density at radius 3 is 3.14 bits per heavy atom. The molecule has 1 aliphatic heterocycles. The average molecular weight is 399 g/mol. The smallest absolute Gasteiger partial charge is 0.280 e. The van der Waals surface area contributed by atoms with E-state index in [1.54, 1.807) is 22.0 Å². The molecule has 4 rings (SSSR count). The van der Waals surface area contributed by atoms with Crippen LogP contribution in [0, 0.1) is 0 Å². The van der Waals surface area contributed by atoms with E-state index in [2.05, 4.69) is 31.0 Å². The average Bonchev–Trinajstić information content (AvgIpc) is 3.11. The van der Waals surface area contributed by atoms with Crippen LogP contribution in [0.5, 0.6) is 0 Å². The lowest BCUT2D eigenvalue weighted by molar-refractivity contribution is 0.596. The van der Waals surface area contributed by atoms with Crippen molar-refractivity contribution >= 4 is 53.6 Å². The highest BCUT2D eigenvalue weighted by molar-refractivity contribution is 9.10. The minimum atomic E-state index is -3.72. The van der Waals surface area contributed by atoms with E-state index in [9.17, 15) is 8.42 Å². The lowest BCUT2D eigenvalue weighted by atomic mass is 10.1. The number of halogens is 1. The van der Waals surface area contributed by atoms with Gasteiger partial charge in [-0.1, -0.05) is 0 Å². The van der Waals surface area contributed by atoms with Crippen LogP contribution in [0.15, 0.2) is 39.4 Å². The van der Waals surface area contributed by atoms with E-state index in [1.165, 1.54) is 11.3 Å². The third-order valence-electron chi connectivity index (χ3n) is 3.50. The lowest BCUT2D eigenvalue weighted by Crippen LogP contribution is -2.15. The van der Waals surface area contributed by atoms with Gasteiger partial charge in [0.1, 0.15) is 4.60 Å². The monoisotopic (exact) mass is 398 g/mol. The van der Waals surface area contributed by atoms with E-state index in [0.717, 1.165) is 24.2 Å². The topological polar surface area (TPSA) is 75.5 Å². The number of thiazole rings is 1. The van der Waals surface area contributed by atoms with Crippen molar-refractivity contribution in [2.24, 2.45) is 0 Å². The minimum Gasteiger partial charge on any atom is -0.384 e. The minimum absolute atomic E-state index is 0.113. The molecule has 0 fully saturated rings. The molecule has 2 N–H and O–H groups in total. The number of nitrogens with one attached hydrogen (secondary N) is 2. The fourth-order valence-electron chi connectivity index (χ4n) is 2.55. The summed E-state index contributed by atoms with van der Waals surface area (Å²) in [6.45, 7) is 0.884. The molecule has 6 nitrogen and oxygen atoms in total. The molecule has 0 aliphatic carbocycles. The Kier molecular flexibility index (Phi) is 3.17. The van der Waals surface area contributed by atoms with Gasteiger partial charge in [-0.25, -0.2) is 4.98 Å². The lowest BCUT2D eigenvalue weighted by Gasteiger charge is -2.09. The van der Waals surface area contributed by atoms with Crippen molar-refractivity contribution in [1.82, 2.24) is 9.38 Å². The number of hydrogen-bond donors (Lipinski definition) is 2. The van der Waals surface area contributed by atoms with Crippen molar-refractivity contribution in [1.29, 1.82) is 0 Å². The van der Waals surface area contributed by atoms with E-state index in [-0.39, 0.29) is 5.03 Å². The summed E-state index contributed by atoms with van der Waals surface area (Å²) in [5, 5.41) is 5.16. The number of aromatic nitrogens is 2. The van der Waals surface area contributed by atoms with Crippen LogP contribution in [0.25, 0.3) is 4.96 Å². The van der Waals surface area contributed by atoms with E-state index in [4.69, 9.17) is 0 Å². The van der Waals surface area contributed by atoms with Gasteiger partial charge in [0.2, 0.25) is 0 Å². The van der Waals surface area contributed by atoms with Crippen molar-refractivity contribution in [2.45, 2.75) is 11.4 Å². The fourth-order valence-corrected chi connectivity index (χ4v) is 5.65. The molecule has 0 spiro atoms. The first-order chi connectivity index (χ1) is 10.5. The van der Waals surface area contributed by atoms with Gasteiger partial charge in [-0.05, 0) is 46.1 Å². The van der Waals surface area contributed by atoms with Gasteiger partial charge in [0, 0.05) is 29.5 Å². The number of benzene rings is 1. The van der Waals surface area contributed by atoms with Gasteiger partial charge in [-0.15, -0.1) is 11.3 Å². The maximum absolute atomic E-state index is 12.7. The summed E-state index contributed by atoms with van der Waals surface area (Å²) in [7, 11) is -3.72. The zero-order chi connectivity index (χ0) is 15.3. The summed E-state index contributed by atoms with van der Waals surface area (Å²) in [5.74, 6) is 0. The Balaban J connectivity index is 1.75. The molecule has 3 heterocycles. The van der Waals surface area contributed by atoms with E-state index in [1.807, 2.05) is 12.1 Å². The number of nitrogens with zero attached hydrogens (tertiary/aromatic N) is 2. The molecular formula is C13H11BrN4O2S2. The molecule has 0 unspecified atom stereocenters. The Hall–Kier alpha value is -1.58. The number of sulfonamides is 1. The summed E-state index contributed by atoms with van der Waals surface area (Å²) in [6, 6.07) is 5.52. The molecule has 114 valence electrons. The maximum atomic E-state index is 12.7. The van der Waals surface area contributed by atoms with Crippen LogP contribution in [0.3, 0.4) is 0 Å². The van der Waals surface area contributed by atoms with Gasteiger partial charge >= 0.3 is 0 Å². The third kappa shape index (κ3) is 2.20. The summed E-state index contributed by atoms with van der Waals surface area (Å²) < 4.78 is 29.9. The van der Waals surface area contributed by atoms with Crippen molar-refractivity contribution in [3.05, 3.63) is 39.9 Å². The van der Waals surface area contributed by atoms with Gasteiger partial charge in [0.25, 0.3) is 10.0 Å². The zero-order valence-electron chi connectivity index (χ0n) is 11.2. The highest BCUT2D eigenvalue weighted by atomic mass is 79.9. The molecule has 0 bridgehead atoms. The predicted molar refractivity (Wildman–Crippen MR) is 90.2 cm³/mol. The molecule has 22 heavy (non-hydrogen) atoms. The summed E-state index contributed by atoms with van der Waals surface area (Å²) >= 11 is 4.62. The van der Waals surface area contributed by atoms with Crippen LogP contribution in [-0.2, 0) is 16.4 Å². The predicted octanol–water partition coefficient (Wildman–Crippen LogP) is 2.93. The number of fused-ring (bicyclic) bond motifs is 2. The Labute approximate surface area is 139 Å². The standard InChI is InChI=1S/C13H11BrN4O2S2/c14-11-12(18-5-6-21-13(18)16-11)22(19,20)17-9-1-2-10-8(7-9)3-4-15-10/h1-2,5-7,15,17H,3-4H2. The van der Waals surface area contributed by atoms with Gasteiger partial charge in [-0.2, -0.15) is 8.42 Å². The molecular weight excluding hydrogens is 388 g/mol. The molecule has 1 aromatic carbocycles. The summed E-state index contributed by atoms with van der Waals surface area (Å²) in [6.07, 6.45) is 2.59. The Bertz CT molecular complexity index is 977. The normalized spacial score (nSPS) is 14.0. The fraction of sp³-hybridized carbons (Fsp3) is 0.154. The van der Waals surface area contributed by atoms with Gasteiger partial charge in [-0.3, -0.25) is 9.12 Å². The Morgan fingerprint density at radius 2 is 2.27 bits per heavy atom. The largest absolute Gasteiger partial charge is 0.384 e. The second kappa shape index (κ2) is 4.97. The maximum Gasteiger partial charge on any atom is 0.280 e. The summed E-state index contributed by atoms with van der Waals surface area (Å²) in [4.78, 5) is 4.84. The molecule has 9 heteroatoms. The van der Waals surface area contributed by atoms with Crippen molar-refractivity contribution in [3.8, 4) is 0 Å². The Morgan fingerprint density at radius 1 is 1.41 bits per heavy atom. The van der Waals surface area contributed by atoms with Crippen molar-refractivity contribution in [2.75, 3.05) is 16.6 Å². The van der Waals surface area contributed by atoms with E-state index < -0.39 is 10.0 Å².